The first-order valence-electron chi connectivity index (χ1n) is 23.7. The lowest BCUT2D eigenvalue weighted by Crippen LogP contribution is -2.55. The summed E-state index contributed by atoms with van der Waals surface area (Å²) >= 11 is 0. The fraction of sp³-hybridized carbons (Fsp3) is 0.896. The number of rotatable bonds is 43. The predicted octanol–water partition coefficient (Wildman–Crippen LogP) is 11.8. The van der Waals surface area contributed by atoms with Gasteiger partial charge in [-0.25, -0.2) is 0 Å². The maximum Gasteiger partial charge on any atom is 0.306 e. The van der Waals surface area contributed by atoms with Crippen molar-refractivity contribution < 1.29 is 38.2 Å². The number of carbonyl (C=O) groups is 3. The van der Waals surface area contributed by atoms with E-state index in [4.69, 9.17) is 14.2 Å². The van der Waals surface area contributed by atoms with Crippen LogP contribution in [-0.4, -0.2) is 75.5 Å². The lowest BCUT2D eigenvalue weighted by molar-refractivity contribution is -0.889. The SMILES string of the molecule is CCCCCCCC/C=C/CCCCCCCCCC(=O)OC(COCCC(C(=O)[O-])[N+](C)(C)C)COC(=O)CCCCCCCCCCCCCCCCC. The van der Waals surface area contributed by atoms with Crippen LogP contribution in [0.5, 0.6) is 0 Å². The molecular weight excluding hydrogens is 703 g/mol. The van der Waals surface area contributed by atoms with Crippen LogP contribution in [0, 0.1) is 0 Å². The summed E-state index contributed by atoms with van der Waals surface area (Å²) in [5.41, 5.74) is 0. The number of allylic oxidation sites excluding steroid dienone is 2. The molecule has 330 valence electrons. The minimum atomic E-state index is -1.12. The minimum Gasteiger partial charge on any atom is -0.544 e. The fourth-order valence-corrected chi connectivity index (χ4v) is 7.18. The molecule has 0 aliphatic carbocycles. The average molecular weight is 794 g/mol. The van der Waals surface area contributed by atoms with Gasteiger partial charge >= 0.3 is 11.9 Å². The third kappa shape index (κ3) is 37.6. The van der Waals surface area contributed by atoms with Crippen LogP contribution in [0.25, 0.3) is 0 Å². The summed E-state index contributed by atoms with van der Waals surface area (Å²) in [4.78, 5) is 36.9. The van der Waals surface area contributed by atoms with E-state index in [-0.39, 0.29) is 42.7 Å². The fourth-order valence-electron chi connectivity index (χ4n) is 7.18. The van der Waals surface area contributed by atoms with Crippen LogP contribution in [0.3, 0.4) is 0 Å². The summed E-state index contributed by atoms with van der Waals surface area (Å²) < 4.78 is 17.2. The Kier molecular flexibility index (Phi) is 38.5. The minimum absolute atomic E-state index is 0.0448. The number of likely N-dealkylation sites (N-methyl/N-ethyl adjacent to an activating group) is 1. The van der Waals surface area contributed by atoms with Gasteiger partial charge in [-0.2, -0.15) is 0 Å². The van der Waals surface area contributed by atoms with Crippen molar-refractivity contribution in [1.82, 2.24) is 0 Å². The number of ether oxygens (including phenoxy) is 3. The Hall–Kier alpha value is -1.93. The van der Waals surface area contributed by atoms with Crippen LogP contribution in [-0.2, 0) is 28.6 Å². The van der Waals surface area contributed by atoms with Crippen LogP contribution in [0.15, 0.2) is 12.2 Å². The van der Waals surface area contributed by atoms with Gasteiger partial charge in [-0.15, -0.1) is 0 Å². The van der Waals surface area contributed by atoms with Crippen molar-refractivity contribution in [2.75, 3.05) is 41.0 Å². The van der Waals surface area contributed by atoms with Crippen molar-refractivity contribution in [3.05, 3.63) is 12.2 Å². The van der Waals surface area contributed by atoms with E-state index >= 15 is 0 Å². The van der Waals surface area contributed by atoms with Crippen molar-refractivity contribution >= 4 is 17.9 Å². The molecule has 0 saturated heterocycles. The molecule has 0 amide bonds. The summed E-state index contributed by atoms with van der Waals surface area (Å²) in [6.07, 6.45) is 42.3. The molecule has 0 spiro atoms. The topological polar surface area (TPSA) is 102 Å². The number of nitrogens with zero attached hydrogens (tertiary/aromatic N) is 1. The highest BCUT2D eigenvalue weighted by Gasteiger charge is 2.25. The number of unbranched alkanes of at least 4 members (excludes halogenated alkanes) is 27. The number of aliphatic carboxylic acids is 1. The third-order valence-corrected chi connectivity index (χ3v) is 10.9. The highest BCUT2D eigenvalue weighted by Crippen LogP contribution is 2.16. The molecule has 0 aliphatic rings. The van der Waals surface area contributed by atoms with Crippen LogP contribution in [0.2, 0.25) is 0 Å². The number of carbonyl (C=O) groups excluding carboxylic acids is 3. The lowest BCUT2D eigenvalue weighted by atomic mass is 10.0. The molecule has 0 N–H and O–H groups in total. The molecule has 8 heteroatoms. The van der Waals surface area contributed by atoms with Crippen molar-refractivity contribution in [2.24, 2.45) is 0 Å². The first-order valence-corrected chi connectivity index (χ1v) is 23.7. The van der Waals surface area contributed by atoms with Gasteiger partial charge in [0.1, 0.15) is 12.6 Å². The predicted molar refractivity (Wildman–Crippen MR) is 231 cm³/mol. The van der Waals surface area contributed by atoms with Gasteiger partial charge in [0, 0.05) is 19.3 Å². The largest absolute Gasteiger partial charge is 0.544 e. The van der Waals surface area contributed by atoms with Gasteiger partial charge in [-0.3, -0.25) is 9.59 Å². The Labute approximate surface area is 346 Å². The van der Waals surface area contributed by atoms with E-state index in [2.05, 4.69) is 26.0 Å². The zero-order valence-corrected chi connectivity index (χ0v) is 37.6. The summed E-state index contributed by atoms with van der Waals surface area (Å²) in [7, 11) is 5.42. The molecule has 0 bridgehead atoms. The van der Waals surface area contributed by atoms with Crippen LogP contribution >= 0.6 is 0 Å². The molecule has 0 saturated carbocycles. The monoisotopic (exact) mass is 794 g/mol. The van der Waals surface area contributed by atoms with Gasteiger partial charge in [-0.05, 0) is 38.5 Å². The van der Waals surface area contributed by atoms with E-state index < -0.39 is 18.1 Å². The molecule has 8 nitrogen and oxygen atoms in total. The van der Waals surface area contributed by atoms with Gasteiger partial charge in [0.2, 0.25) is 0 Å². The quantitative estimate of drug-likeness (QED) is 0.0262. The second kappa shape index (κ2) is 39.9. The first kappa shape index (κ1) is 54.1. The van der Waals surface area contributed by atoms with E-state index in [0.29, 0.717) is 12.8 Å². The zero-order chi connectivity index (χ0) is 41.4. The van der Waals surface area contributed by atoms with Gasteiger partial charge in [0.15, 0.2) is 6.10 Å². The van der Waals surface area contributed by atoms with Gasteiger partial charge in [0.25, 0.3) is 0 Å². The molecule has 0 fully saturated rings. The lowest BCUT2D eigenvalue weighted by Gasteiger charge is -2.34. The summed E-state index contributed by atoms with van der Waals surface area (Å²) in [6.45, 7) is 4.69. The van der Waals surface area contributed by atoms with E-state index in [1.54, 1.807) is 21.1 Å². The van der Waals surface area contributed by atoms with E-state index in [9.17, 15) is 19.5 Å². The highest BCUT2D eigenvalue weighted by atomic mass is 16.6. The number of hydrogen-bond donors (Lipinski definition) is 0. The number of quaternary nitrogens is 1. The van der Waals surface area contributed by atoms with Gasteiger partial charge in [0.05, 0.1) is 40.3 Å². The van der Waals surface area contributed by atoms with Crippen LogP contribution in [0.4, 0.5) is 0 Å². The smallest absolute Gasteiger partial charge is 0.306 e. The van der Waals surface area contributed by atoms with Crippen molar-refractivity contribution in [1.29, 1.82) is 0 Å². The van der Waals surface area contributed by atoms with E-state index in [1.807, 2.05) is 0 Å². The number of hydrogen-bond acceptors (Lipinski definition) is 7. The maximum absolute atomic E-state index is 12.7. The Morgan fingerprint density at radius 3 is 1.29 bits per heavy atom. The number of esters is 2. The summed E-state index contributed by atoms with van der Waals surface area (Å²) in [5.74, 6) is -1.72. The van der Waals surface area contributed by atoms with Crippen LogP contribution < -0.4 is 5.11 Å². The normalized spacial score (nSPS) is 12.9. The molecular formula is C48H91NO7. The Morgan fingerprint density at radius 2 is 0.893 bits per heavy atom. The molecule has 0 aliphatic heterocycles. The van der Waals surface area contributed by atoms with Crippen molar-refractivity contribution in [2.45, 2.75) is 238 Å². The molecule has 2 unspecified atom stereocenters. The van der Waals surface area contributed by atoms with Gasteiger partial charge in [-0.1, -0.05) is 180 Å². The molecule has 0 heterocycles. The van der Waals surface area contributed by atoms with Crippen molar-refractivity contribution in [3.8, 4) is 0 Å². The van der Waals surface area contributed by atoms with Gasteiger partial charge < -0.3 is 28.6 Å². The molecule has 0 aromatic rings. The molecule has 0 aromatic carbocycles. The average Bonchev–Trinajstić information content (AvgIpc) is 3.15. The molecule has 2 atom stereocenters. The number of carboxylic acids is 1. The standard InChI is InChI=1S/C48H91NO7/c1-6-8-10-12-14-16-18-20-22-23-25-27-29-31-33-35-37-39-47(51)56-44(42-54-41-40-45(48(52)53)49(3,4)5)43-55-46(50)38-36-34-32-30-28-26-24-21-19-17-15-13-11-9-7-2/h20,22,44-45H,6-19,21,23-43H2,1-5H3/b22-20+. The highest BCUT2D eigenvalue weighted by molar-refractivity contribution is 5.70. The second-order valence-corrected chi connectivity index (χ2v) is 17.4. The Balaban J connectivity index is 4.28. The summed E-state index contributed by atoms with van der Waals surface area (Å²) in [5, 5.41) is 11.6. The molecule has 0 rings (SSSR count). The van der Waals surface area contributed by atoms with E-state index in [1.165, 1.54) is 154 Å². The first-order chi connectivity index (χ1) is 27.1. The Bertz CT molecular complexity index is 931. The molecule has 0 aromatic heterocycles. The summed E-state index contributed by atoms with van der Waals surface area (Å²) in [6, 6.07) is -0.722. The Morgan fingerprint density at radius 1 is 0.518 bits per heavy atom. The maximum atomic E-state index is 12.7. The molecule has 0 radical (unpaired) electrons. The second-order valence-electron chi connectivity index (χ2n) is 17.4. The zero-order valence-electron chi connectivity index (χ0n) is 37.6. The van der Waals surface area contributed by atoms with E-state index in [0.717, 1.165) is 38.5 Å². The van der Waals surface area contributed by atoms with Crippen molar-refractivity contribution in [3.63, 3.8) is 0 Å². The number of carboxylic acid groups (broad SMARTS) is 1. The molecule has 56 heavy (non-hydrogen) atoms. The van der Waals surface area contributed by atoms with Crippen LogP contribution in [0.1, 0.15) is 226 Å². The third-order valence-electron chi connectivity index (χ3n) is 10.9.